The summed E-state index contributed by atoms with van der Waals surface area (Å²) in [6, 6.07) is 15.1. The maximum absolute atomic E-state index is 12.7. The second-order valence-corrected chi connectivity index (χ2v) is 8.21. The number of hydrogen-bond acceptors (Lipinski definition) is 4. The number of nitrogens with zero attached hydrogens (tertiary/aromatic N) is 2. The number of ether oxygens (including phenoxy) is 1. The maximum Gasteiger partial charge on any atom is 0.229 e. The van der Waals surface area contributed by atoms with Gasteiger partial charge in [-0.05, 0) is 42.3 Å². The molecule has 1 atom stereocenters. The third kappa shape index (κ3) is 5.19. The van der Waals surface area contributed by atoms with E-state index in [0.717, 1.165) is 50.6 Å². The van der Waals surface area contributed by atoms with Crippen molar-refractivity contribution in [2.24, 2.45) is 5.92 Å². The highest BCUT2D eigenvalue weighted by Gasteiger charge is 2.35. The molecule has 7 heteroatoms. The van der Waals surface area contributed by atoms with Crippen LogP contribution in [0.1, 0.15) is 12.0 Å². The summed E-state index contributed by atoms with van der Waals surface area (Å²) in [5.74, 6) is -0.567. The summed E-state index contributed by atoms with van der Waals surface area (Å²) in [5, 5.41) is 3.52. The van der Waals surface area contributed by atoms with Crippen molar-refractivity contribution in [1.29, 1.82) is 0 Å². The molecule has 158 valence electrons. The first kappa shape index (κ1) is 20.8. The Bertz CT molecular complexity index is 897. The molecular formula is C23H26ClN3O3. The predicted molar refractivity (Wildman–Crippen MR) is 118 cm³/mol. The van der Waals surface area contributed by atoms with Crippen LogP contribution in [-0.2, 0) is 20.7 Å². The first-order valence-corrected chi connectivity index (χ1v) is 10.7. The van der Waals surface area contributed by atoms with Gasteiger partial charge in [0, 0.05) is 49.0 Å². The molecule has 0 bridgehead atoms. The topological polar surface area (TPSA) is 61.9 Å². The van der Waals surface area contributed by atoms with E-state index in [0.29, 0.717) is 11.6 Å². The van der Waals surface area contributed by atoms with E-state index < -0.39 is 0 Å². The summed E-state index contributed by atoms with van der Waals surface area (Å²) >= 11 is 6.03. The molecule has 0 radical (unpaired) electrons. The van der Waals surface area contributed by atoms with Gasteiger partial charge in [0.05, 0.1) is 19.1 Å². The molecule has 2 saturated heterocycles. The molecular weight excluding hydrogens is 402 g/mol. The van der Waals surface area contributed by atoms with Crippen molar-refractivity contribution < 1.29 is 14.3 Å². The van der Waals surface area contributed by atoms with Crippen LogP contribution in [0.2, 0.25) is 5.02 Å². The van der Waals surface area contributed by atoms with Crippen molar-refractivity contribution in [2.45, 2.75) is 12.8 Å². The van der Waals surface area contributed by atoms with Gasteiger partial charge in [0.2, 0.25) is 11.8 Å². The van der Waals surface area contributed by atoms with Crippen molar-refractivity contribution >= 4 is 34.8 Å². The number of amides is 2. The second kappa shape index (κ2) is 9.60. The first-order chi connectivity index (χ1) is 14.6. The van der Waals surface area contributed by atoms with Crippen molar-refractivity contribution in [3.8, 4) is 0 Å². The van der Waals surface area contributed by atoms with Crippen LogP contribution in [0.5, 0.6) is 0 Å². The normalized spacial score (nSPS) is 19.8. The molecule has 2 amide bonds. The van der Waals surface area contributed by atoms with E-state index in [-0.39, 0.29) is 24.2 Å². The van der Waals surface area contributed by atoms with Gasteiger partial charge in [-0.3, -0.25) is 14.5 Å². The summed E-state index contributed by atoms with van der Waals surface area (Å²) in [5.41, 5.74) is 2.72. The van der Waals surface area contributed by atoms with E-state index in [2.05, 4.69) is 10.2 Å². The Morgan fingerprint density at radius 2 is 1.90 bits per heavy atom. The van der Waals surface area contributed by atoms with Gasteiger partial charge in [-0.25, -0.2) is 0 Å². The molecule has 1 N–H and O–H groups in total. The Hall–Kier alpha value is -2.41. The molecule has 0 spiro atoms. The number of rotatable bonds is 6. The Labute approximate surface area is 181 Å². The highest BCUT2D eigenvalue weighted by molar-refractivity contribution is 6.31. The zero-order valence-corrected chi connectivity index (χ0v) is 17.6. The van der Waals surface area contributed by atoms with Crippen molar-refractivity contribution in [3.63, 3.8) is 0 Å². The lowest BCUT2D eigenvalue weighted by molar-refractivity contribution is -0.122. The van der Waals surface area contributed by atoms with Gasteiger partial charge < -0.3 is 15.0 Å². The van der Waals surface area contributed by atoms with Crippen LogP contribution in [0.25, 0.3) is 0 Å². The van der Waals surface area contributed by atoms with Crippen LogP contribution >= 0.6 is 11.6 Å². The molecule has 2 aromatic carbocycles. The highest BCUT2D eigenvalue weighted by Crippen LogP contribution is 2.28. The minimum absolute atomic E-state index is 0.0594. The standard InChI is InChI=1S/C23H26ClN3O3/c24-19-2-1-3-21(15-19)27-16-18(14-22(27)28)23(29)25-20-6-4-17(5-7-20)8-9-26-10-12-30-13-11-26/h1-7,15,18H,8-14,16H2,(H,25,29). The minimum Gasteiger partial charge on any atom is -0.379 e. The SMILES string of the molecule is O=C(Nc1ccc(CCN2CCOCC2)cc1)C1CC(=O)N(c2cccc(Cl)c2)C1. The van der Waals surface area contributed by atoms with E-state index in [1.54, 1.807) is 23.1 Å². The smallest absolute Gasteiger partial charge is 0.229 e. The molecule has 0 aliphatic carbocycles. The number of hydrogen-bond donors (Lipinski definition) is 1. The summed E-state index contributed by atoms with van der Waals surface area (Å²) < 4.78 is 5.38. The zero-order chi connectivity index (χ0) is 20.9. The van der Waals surface area contributed by atoms with Crippen molar-refractivity contribution in [1.82, 2.24) is 4.90 Å². The number of benzene rings is 2. The Morgan fingerprint density at radius 3 is 2.63 bits per heavy atom. The third-order valence-corrected chi connectivity index (χ3v) is 5.89. The number of halogens is 1. The summed E-state index contributed by atoms with van der Waals surface area (Å²) in [4.78, 5) is 29.1. The monoisotopic (exact) mass is 427 g/mol. The lowest BCUT2D eigenvalue weighted by Gasteiger charge is -2.26. The molecule has 2 fully saturated rings. The van der Waals surface area contributed by atoms with Crippen LogP contribution in [0, 0.1) is 5.92 Å². The van der Waals surface area contributed by atoms with E-state index in [9.17, 15) is 9.59 Å². The maximum atomic E-state index is 12.7. The van der Waals surface area contributed by atoms with E-state index in [4.69, 9.17) is 16.3 Å². The average Bonchev–Trinajstić information content (AvgIpc) is 3.16. The van der Waals surface area contributed by atoms with Gasteiger partial charge in [-0.1, -0.05) is 29.8 Å². The van der Waals surface area contributed by atoms with Gasteiger partial charge >= 0.3 is 0 Å². The fraction of sp³-hybridized carbons (Fsp3) is 0.391. The quantitative estimate of drug-likeness (QED) is 0.769. The Balaban J connectivity index is 1.30. The van der Waals surface area contributed by atoms with Crippen LogP contribution in [0.4, 0.5) is 11.4 Å². The van der Waals surface area contributed by atoms with E-state index in [1.807, 2.05) is 30.3 Å². The number of carbonyl (C=O) groups is 2. The zero-order valence-electron chi connectivity index (χ0n) is 16.9. The van der Waals surface area contributed by atoms with E-state index in [1.165, 1.54) is 5.56 Å². The highest BCUT2D eigenvalue weighted by atomic mass is 35.5. The summed E-state index contributed by atoms with van der Waals surface area (Å²) in [7, 11) is 0. The van der Waals surface area contributed by atoms with Gasteiger partial charge in [0.15, 0.2) is 0 Å². The lowest BCUT2D eigenvalue weighted by atomic mass is 10.1. The van der Waals surface area contributed by atoms with Gasteiger partial charge in [0.25, 0.3) is 0 Å². The van der Waals surface area contributed by atoms with E-state index >= 15 is 0 Å². The Kier molecular flexibility index (Phi) is 6.67. The fourth-order valence-electron chi connectivity index (χ4n) is 3.89. The molecule has 2 heterocycles. The van der Waals surface area contributed by atoms with Gasteiger partial charge in [-0.15, -0.1) is 0 Å². The molecule has 2 aliphatic rings. The van der Waals surface area contributed by atoms with Gasteiger partial charge in [-0.2, -0.15) is 0 Å². The van der Waals surface area contributed by atoms with Crippen molar-refractivity contribution in [2.75, 3.05) is 49.6 Å². The average molecular weight is 428 g/mol. The predicted octanol–water partition coefficient (Wildman–Crippen LogP) is 3.21. The van der Waals surface area contributed by atoms with Crippen LogP contribution in [-0.4, -0.2) is 56.1 Å². The fourth-order valence-corrected chi connectivity index (χ4v) is 4.07. The Morgan fingerprint density at radius 1 is 1.13 bits per heavy atom. The molecule has 1 unspecified atom stereocenters. The number of carbonyl (C=O) groups excluding carboxylic acids is 2. The lowest BCUT2D eigenvalue weighted by Crippen LogP contribution is -2.37. The molecule has 6 nitrogen and oxygen atoms in total. The second-order valence-electron chi connectivity index (χ2n) is 7.78. The third-order valence-electron chi connectivity index (χ3n) is 5.66. The molecule has 30 heavy (non-hydrogen) atoms. The summed E-state index contributed by atoms with van der Waals surface area (Å²) in [6.07, 6.45) is 1.18. The number of anilines is 2. The van der Waals surface area contributed by atoms with Crippen molar-refractivity contribution in [3.05, 3.63) is 59.1 Å². The van der Waals surface area contributed by atoms with Crippen LogP contribution in [0.15, 0.2) is 48.5 Å². The molecule has 0 saturated carbocycles. The molecule has 4 rings (SSSR count). The number of morpholine rings is 1. The van der Waals surface area contributed by atoms with Gasteiger partial charge in [0.1, 0.15) is 0 Å². The number of nitrogens with one attached hydrogen (secondary N) is 1. The molecule has 2 aromatic rings. The summed E-state index contributed by atoms with van der Waals surface area (Å²) in [6.45, 7) is 4.97. The van der Waals surface area contributed by atoms with Crippen LogP contribution < -0.4 is 10.2 Å². The molecule has 2 aliphatic heterocycles. The molecule has 0 aromatic heterocycles. The largest absolute Gasteiger partial charge is 0.379 e. The van der Waals surface area contributed by atoms with Crippen LogP contribution in [0.3, 0.4) is 0 Å². The first-order valence-electron chi connectivity index (χ1n) is 10.3. The minimum atomic E-state index is -0.377.